The van der Waals surface area contributed by atoms with Crippen LogP contribution in [0.1, 0.15) is 29.8 Å². The molecule has 0 spiro atoms. The molecule has 2 aliphatic heterocycles. The highest BCUT2D eigenvalue weighted by Gasteiger charge is 2.47. The third-order valence-corrected chi connectivity index (χ3v) is 5.32. The average Bonchev–Trinajstić information content (AvgIpc) is 2.73. The number of pyridine rings is 2. The molecule has 6 nitrogen and oxygen atoms in total. The summed E-state index contributed by atoms with van der Waals surface area (Å²) in [5.41, 5.74) is 0.308. The zero-order valence-corrected chi connectivity index (χ0v) is 14.7. The van der Waals surface area contributed by atoms with Crippen molar-refractivity contribution in [1.29, 1.82) is 0 Å². The van der Waals surface area contributed by atoms with Gasteiger partial charge in [0, 0.05) is 37.5 Å². The van der Waals surface area contributed by atoms with Crippen molar-refractivity contribution in [2.45, 2.75) is 25.4 Å². The first-order valence-electron chi connectivity index (χ1n) is 9.12. The van der Waals surface area contributed by atoms with Gasteiger partial charge in [0.2, 0.25) is 0 Å². The Bertz CT molecular complexity index is 740. The number of rotatable bonds is 4. The fraction of sp³-hybridized carbons (Fsp3) is 0.450. The summed E-state index contributed by atoms with van der Waals surface area (Å²) in [6.45, 7) is 2.63. The van der Waals surface area contributed by atoms with Crippen molar-refractivity contribution in [2.75, 3.05) is 26.3 Å². The lowest BCUT2D eigenvalue weighted by atomic mass is 9.73. The monoisotopic (exact) mass is 353 g/mol. The quantitative estimate of drug-likeness (QED) is 0.845. The normalized spacial score (nSPS) is 25.4. The lowest BCUT2D eigenvalue weighted by Crippen LogP contribution is -2.58. The van der Waals surface area contributed by atoms with Gasteiger partial charge in [-0.1, -0.05) is 6.07 Å². The van der Waals surface area contributed by atoms with Gasteiger partial charge in [-0.2, -0.15) is 0 Å². The molecule has 4 rings (SSSR count). The fourth-order valence-corrected chi connectivity index (χ4v) is 3.99. The highest BCUT2D eigenvalue weighted by atomic mass is 16.5. The Morgan fingerprint density at radius 3 is 3.08 bits per heavy atom. The first-order valence-corrected chi connectivity index (χ1v) is 9.12. The third kappa shape index (κ3) is 3.42. The van der Waals surface area contributed by atoms with Gasteiger partial charge in [0.05, 0.1) is 18.9 Å². The number of carbonyl (C=O) groups is 1. The van der Waals surface area contributed by atoms with Crippen LogP contribution >= 0.6 is 0 Å². The molecule has 0 saturated carbocycles. The van der Waals surface area contributed by atoms with Crippen molar-refractivity contribution in [1.82, 2.24) is 14.9 Å². The Kier molecular flexibility index (Phi) is 4.84. The molecule has 2 aliphatic rings. The standard InChI is InChI=1S/C20H23N3O3/c24-19(17-6-1-2-10-22-17)23-11-7-18-20(14-23,8-4-12-25-18)15-26-16-5-3-9-21-13-16/h1-3,5-6,9-10,13,18H,4,7-8,11-12,14-15H2. The van der Waals surface area contributed by atoms with Crippen molar-refractivity contribution < 1.29 is 14.3 Å². The topological polar surface area (TPSA) is 64.6 Å². The molecule has 1 amide bonds. The minimum atomic E-state index is -0.184. The van der Waals surface area contributed by atoms with E-state index in [9.17, 15) is 4.79 Å². The second-order valence-electron chi connectivity index (χ2n) is 7.03. The van der Waals surface area contributed by atoms with Crippen molar-refractivity contribution >= 4 is 5.91 Å². The van der Waals surface area contributed by atoms with Gasteiger partial charge >= 0.3 is 0 Å². The molecule has 2 unspecified atom stereocenters. The molecule has 0 N–H and O–H groups in total. The zero-order chi connectivity index (χ0) is 17.8. The van der Waals surface area contributed by atoms with Gasteiger partial charge in [0.25, 0.3) is 5.91 Å². The van der Waals surface area contributed by atoms with Crippen molar-refractivity contribution in [2.24, 2.45) is 5.41 Å². The van der Waals surface area contributed by atoms with Crippen LogP contribution < -0.4 is 4.74 Å². The molecule has 0 aromatic carbocycles. The number of aromatic nitrogens is 2. The molecule has 2 atom stereocenters. The van der Waals surface area contributed by atoms with Gasteiger partial charge in [-0.3, -0.25) is 14.8 Å². The van der Waals surface area contributed by atoms with E-state index >= 15 is 0 Å². The van der Waals surface area contributed by atoms with E-state index in [1.807, 2.05) is 29.2 Å². The van der Waals surface area contributed by atoms with Crippen LogP contribution in [0.3, 0.4) is 0 Å². The predicted molar refractivity (Wildman–Crippen MR) is 95.9 cm³/mol. The Balaban J connectivity index is 1.52. The van der Waals surface area contributed by atoms with Gasteiger partial charge in [-0.25, -0.2) is 0 Å². The molecule has 26 heavy (non-hydrogen) atoms. The average molecular weight is 353 g/mol. The predicted octanol–water partition coefficient (Wildman–Crippen LogP) is 2.57. The van der Waals surface area contributed by atoms with E-state index in [-0.39, 0.29) is 17.4 Å². The molecule has 2 aromatic rings. The first kappa shape index (κ1) is 17.0. The highest BCUT2D eigenvalue weighted by molar-refractivity contribution is 5.92. The number of amides is 1. The van der Waals surface area contributed by atoms with Gasteiger partial charge < -0.3 is 14.4 Å². The van der Waals surface area contributed by atoms with Crippen molar-refractivity contribution in [3.63, 3.8) is 0 Å². The zero-order valence-electron chi connectivity index (χ0n) is 14.7. The second kappa shape index (κ2) is 7.41. The van der Waals surface area contributed by atoms with Gasteiger partial charge in [-0.15, -0.1) is 0 Å². The minimum absolute atomic E-state index is 0.0182. The summed E-state index contributed by atoms with van der Waals surface area (Å²) in [5.74, 6) is 0.731. The van der Waals surface area contributed by atoms with Crippen LogP contribution in [0.25, 0.3) is 0 Å². The summed E-state index contributed by atoms with van der Waals surface area (Å²) in [7, 11) is 0. The Hall–Kier alpha value is -2.47. The summed E-state index contributed by atoms with van der Waals surface area (Å²) in [5, 5.41) is 0. The summed E-state index contributed by atoms with van der Waals surface area (Å²) in [4.78, 5) is 23.1. The number of hydrogen-bond donors (Lipinski definition) is 0. The smallest absolute Gasteiger partial charge is 0.272 e. The number of carbonyl (C=O) groups excluding carboxylic acids is 1. The van der Waals surface area contributed by atoms with Crippen molar-refractivity contribution in [3.8, 4) is 5.75 Å². The molecule has 0 aliphatic carbocycles. The highest BCUT2D eigenvalue weighted by Crippen LogP contribution is 2.41. The van der Waals surface area contributed by atoms with E-state index in [2.05, 4.69) is 9.97 Å². The maximum Gasteiger partial charge on any atom is 0.272 e. The Morgan fingerprint density at radius 2 is 2.27 bits per heavy atom. The van der Waals surface area contributed by atoms with E-state index in [1.54, 1.807) is 24.7 Å². The van der Waals surface area contributed by atoms with E-state index < -0.39 is 0 Å². The van der Waals surface area contributed by atoms with Crippen LogP contribution in [0.5, 0.6) is 5.75 Å². The number of likely N-dealkylation sites (tertiary alicyclic amines) is 1. The number of ether oxygens (including phenoxy) is 2. The largest absolute Gasteiger partial charge is 0.491 e. The first-order chi connectivity index (χ1) is 12.8. The Morgan fingerprint density at radius 1 is 1.31 bits per heavy atom. The van der Waals surface area contributed by atoms with Crippen LogP contribution in [-0.2, 0) is 4.74 Å². The molecule has 4 heterocycles. The van der Waals surface area contributed by atoms with Crippen LogP contribution in [0.4, 0.5) is 0 Å². The molecule has 2 aromatic heterocycles. The molecule has 136 valence electrons. The lowest BCUT2D eigenvalue weighted by molar-refractivity contribution is -0.133. The molecule has 0 radical (unpaired) electrons. The van der Waals surface area contributed by atoms with E-state index in [1.165, 1.54) is 0 Å². The summed E-state index contributed by atoms with van der Waals surface area (Å²) >= 11 is 0. The van der Waals surface area contributed by atoms with Crippen LogP contribution in [0.2, 0.25) is 0 Å². The van der Waals surface area contributed by atoms with Crippen molar-refractivity contribution in [3.05, 3.63) is 54.6 Å². The van der Waals surface area contributed by atoms with E-state index in [0.29, 0.717) is 25.4 Å². The summed E-state index contributed by atoms with van der Waals surface area (Å²) < 4.78 is 12.1. The van der Waals surface area contributed by atoms with Crippen LogP contribution in [0.15, 0.2) is 48.9 Å². The van der Waals surface area contributed by atoms with Gasteiger partial charge in [0.1, 0.15) is 11.4 Å². The Labute approximate surface area is 153 Å². The lowest BCUT2D eigenvalue weighted by Gasteiger charge is -2.50. The third-order valence-electron chi connectivity index (χ3n) is 5.32. The summed E-state index contributed by atoms with van der Waals surface area (Å²) in [6, 6.07) is 9.20. The number of piperidine rings is 1. The maximum atomic E-state index is 12.9. The molecular weight excluding hydrogens is 330 g/mol. The van der Waals surface area contributed by atoms with E-state index in [4.69, 9.17) is 9.47 Å². The van der Waals surface area contributed by atoms with Crippen LogP contribution in [-0.4, -0.2) is 53.2 Å². The molecule has 2 fully saturated rings. The molecule has 6 heteroatoms. The van der Waals surface area contributed by atoms with Gasteiger partial charge in [0.15, 0.2) is 0 Å². The second-order valence-corrected chi connectivity index (χ2v) is 7.03. The van der Waals surface area contributed by atoms with Gasteiger partial charge in [-0.05, 0) is 43.5 Å². The number of hydrogen-bond acceptors (Lipinski definition) is 5. The van der Waals surface area contributed by atoms with Crippen LogP contribution in [0, 0.1) is 5.41 Å². The minimum Gasteiger partial charge on any atom is -0.491 e. The fourth-order valence-electron chi connectivity index (χ4n) is 3.99. The molecule has 0 bridgehead atoms. The molecular formula is C20H23N3O3. The maximum absolute atomic E-state index is 12.9. The molecule has 2 saturated heterocycles. The van der Waals surface area contributed by atoms with E-state index in [0.717, 1.165) is 31.6 Å². The SMILES string of the molecule is O=C(c1ccccn1)N1CCC2OCCCC2(COc2cccnc2)C1. The number of fused-ring (bicyclic) bond motifs is 1. The summed E-state index contributed by atoms with van der Waals surface area (Å²) in [6.07, 6.45) is 8.03. The number of nitrogens with zero attached hydrogens (tertiary/aromatic N) is 3.